The molecule has 0 aromatic heterocycles. The van der Waals surface area contributed by atoms with Crippen molar-refractivity contribution in [3.8, 4) is 5.75 Å². The molecule has 0 N–H and O–H groups in total. The molecule has 0 saturated carbocycles. The number of hydrogen-bond acceptors (Lipinski definition) is 3. The monoisotopic (exact) mass is 254 g/mol. The van der Waals surface area contributed by atoms with Gasteiger partial charge in [0, 0.05) is 18.1 Å². The molecule has 0 spiro atoms. The highest BCUT2D eigenvalue weighted by atomic mass is 16.5. The molecule has 2 heterocycles. The number of rotatable bonds is 2. The summed E-state index contributed by atoms with van der Waals surface area (Å²) in [5, 5.41) is 0. The van der Waals surface area contributed by atoms with Crippen molar-refractivity contribution in [3.63, 3.8) is 0 Å². The van der Waals surface area contributed by atoms with Gasteiger partial charge in [-0.2, -0.15) is 0 Å². The normalized spacial score (nSPS) is 20.6. The maximum absolute atomic E-state index is 5.27. The second-order valence-corrected chi connectivity index (χ2v) is 4.85. The minimum absolute atomic E-state index is 0.295. The lowest BCUT2D eigenvalue weighted by atomic mass is 10.1. The highest BCUT2D eigenvalue weighted by molar-refractivity contribution is 5.61. The van der Waals surface area contributed by atoms with Crippen LogP contribution in [0, 0.1) is 6.92 Å². The fourth-order valence-corrected chi connectivity index (χ4v) is 2.62. The van der Waals surface area contributed by atoms with Gasteiger partial charge in [-0.25, -0.2) is 0 Å². The topological polar surface area (TPSA) is 15.7 Å². The summed E-state index contributed by atoms with van der Waals surface area (Å²) in [5.74, 6) is 0.901. The summed E-state index contributed by atoms with van der Waals surface area (Å²) in [5.41, 5.74) is 3.66. The lowest BCUT2D eigenvalue weighted by Gasteiger charge is -2.30. The fourth-order valence-electron chi connectivity index (χ4n) is 2.62. The molecule has 0 unspecified atom stereocenters. The van der Waals surface area contributed by atoms with Gasteiger partial charge in [0.1, 0.15) is 11.9 Å². The van der Waals surface area contributed by atoms with E-state index < -0.39 is 0 Å². The van der Waals surface area contributed by atoms with Gasteiger partial charge in [0.25, 0.3) is 0 Å². The van der Waals surface area contributed by atoms with E-state index in [1.807, 2.05) is 6.07 Å². The van der Waals surface area contributed by atoms with Crippen molar-refractivity contribution in [2.24, 2.45) is 0 Å². The van der Waals surface area contributed by atoms with E-state index in [1.54, 1.807) is 7.11 Å². The van der Waals surface area contributed by atoms with Crippen molar-refractivity contribution in [2.75, 3.05) is 12.0 Å². The van der Waals surface area contributed by atoms with Crippen LogP contribution in [0.25, 0.3) is 0 Å². The first-order chi connectivity index (χ1) is 9.20. The number of methoxy groups -OCH3 is 1. The molecule has 98 valence electrons. The molecule has 1 aromatic carbocycles. The largest absolute Gasteiger partial charge is 0.497 e. The predicted molar refractivity (Wildman–Crippen MR) is 77.9 cm³/mol. The second kappa shape index (κ2) is 4.50. The Hall–Kier alpha value is -2.16. The van der Waals surface area contributed by atoms with Crippen LogP contribution in [-0.2, 0) is 0 Å². The van der Waals surface area contributed by atoms with E-state index in [2.05, 4.69) is 66.4 Å². The highest BCUT2D eigenvalue weighted by Crippen LogP contribution is 2.34. The molecule has 0 fully saturated rings. The van der Waals surface area contributed by atoms with Gasteiger partial charge in [-0.05, 0) is 49.8 Å². The Morgan fingerprint density at radius 3 is 2.68 bits per heavy atom. The van der Waals surface area contributed by atoms with E-state index in [4.69, 9.17) is 4.74 Å². The van der Waals surface area contributed by atoms with Gasteiger partial charge in [-0.15, -0.1) is 0 Å². The average Bonchev–Trinajstić information content (AvgIpc) is 2.76. The zero-order valence-electron chi connectivity index (χ0n) is 11.5. The second-order valence-electron chi connectivity index (χ2n) is 4.85. The van der Waals surface area contributed by atoms with Crippen molar-refractivity contribution in [2.45, 2.75) is 20.0 Å². The van der Waals surface area contributed by atoms with E-state index in [1.165, 1.54) is 16.9 Å². The standard InChI is InChI=1S/C16H18N2O/c1-12-10-15(19-3)7-8-16(12)18-11-14-6-4-5-9-17(14)13(18)2/h4-11,13H,1-3H3/t13-/m1/s1. The molecular formula is C16H18N2O. The van der Waals surface area contributed by atoms with E-state index >= 15 is 0 Å². The molecule has 2 aliphatic rings. The third-order valence-corrected chi connectivity index (χ3v) is 3.68. The molecule has 0 aliphatic carbocycles. The molecule has 0 amide bonds. The predicted octanol–water partition coefficient (Wildman–Crippen LogP) is 3.40. The third-order valence-electron chi connectivity index (χ3n) is 3.68. The van der Waals surface area contributed by atoms with Crippen molar-refractivity contribution >= 4 is 5.69 Å². The number of fused-ring (bicyclic) bond motifs is 1. The summed E-state index contributed by atoms with van der Waals surface area (Å²) in [7, 11) is 1.70. The number of aryl methyl sites for hydroxylation is 1. The first kappa shape index (κ1) is 11.9. The zero-order chi connectivity index (χ0) is 13.4. The van der Waals surface area contributed by atoms with E-state index in [-0.39, 0.29) is 0 Å². The highest BCUT2D eigenvalue weighted by Gasteiger charge is 2.28. The van der Waals surface area contributed by atoms with Crippen LogP contribution in [0.2, 0.25) is 0 Å². The summed E-state index contributed by atoms with van der Waals surface area (Å²) >= 11 is 0. The molecule has 2 aliphatic heterocycles. The first-order valence-corrected chi connectivity index (χ1v) is 6.49. The molecule has 1 aromatic rings. The van der Waals surface area contributed by atoms with Crippen LogP contribution in [0.15, 0.2) is 54.5 Å². The smallest absolute Gasteiger partial charge is 0.119 e. The Balaban J connectivity index is 1.97. The van der Waals surface area contributed by atoms with Gasteiger partial charge < -0.3 is 14.5 Å². The van der Waals surface area contributed by atoms with Gasteiger partial charge in [-0.1, -0.05) is 6.08 Å². The van der Waals surface area contributed by atoms with Crippen molar-refractivity contribution < 1.29 is 4.74 Å². The number of hydrogen-bond donors (Lipinski definition) is 0. The summed E-state index contributed by atoms with van der Waals surface area (Å²) in [6, 6.07) is 6.20. The molecule has 0 saturated heterocycles. The molecule has 1 atom stereocenters. The Bertz CT molecular complexity index is 586. The van der Waals surface area contributed by atoms with E-state index in [0.29, 0.717) is 6.17 Å². The Kier molecular flexibility index (Phi) is 2.82. The molecular weight excluding hydrogens is 236 g/mol. The van der Waals surface area contributed by atoms with Gasteiger partial charge in [0.2, 0.25) is 0 Å². The Morgan fingerprint density at radius 2 is 2.00 bits per heavy atom. The molecule has 3 heteroatoms. The number of benzene rings is 1. The van der Waals surface area contributed by atoms with Crippen LogP contribution >= 0.6 is 0 Å². The Morgan fingerprint density at radius 1 is 1.16 bits per heavy atom. The summed E-state index contributed by atoms with van der Waals surface area (Å²) in [6.45, 7) is 4.32. The van der Waals surface area contributed by atoms with Gasteiger partial charge in [0.15, 0.2) is 0 Å². The van der Waals surface area contributed by atoms with Crippen LogP contribution in [-0.4, -0.2) is 18.2 Å². The van der Waals surface area contributed by atoms with Gasteiger partial charge in [0.05, 0.1) is 12.8 Å². The molecule has 3 rings (SSSR count). The third kappa shape index (κ3) is 1.91. The molecule has 0 bridgehead atoms. The number of ether oxygens (including phenoxy) is 1. The van der Waals surface area contributed by atoms with Crippen molar-refractivity contribution in [1.82, 2.24) is 4.90 Å². The van der Waals surface area contributed by atoms with Crippen LogP contribution in [0.5, 0.6) is 5.75 Å². The number of nitrogens with zero attached hydrogens (tertiary/aromatic N) is 2. The van der Waals surface area contributed by atoms with Crippen molar-refractivity contribution in [1.29, 1.82) is 0 Å². The lowest BCUT2D eigenvalue weighted by Crippen LogP contribution is -2.34. The summed E-state index contributed by atoms with van der Waals surface area (Å²) in [4.78, 5) is 4.56. The molecule has 0 radical (unpaired) electrons. The van der Waals surface area contributed by atoms with E-state index in [9.17, 15) is 0 Å². The van der Waals surface area contributed by atoms with E-state index in [0.717, 1.165) is 5.75 Å². The van der Waals surface area contributed by atoms with Crippen molar-refractivity contribution in [3.05, 3.63) is 60.1 Å². The summed E-state index contributed by atoms with van der Waals surface area (Å²) in [6.07, 6.45) is 10.9. The zero-order valence-corrected chi connectivity index (χ0v) is 11.5. The number of anilines is 1. The van der Waals surface area contributed by atoms with Crippen LogP contribution in [0.4, 0.5) is 5.69 Å². The van der Waals surface area contributed by atoms with Crippen LogP contribution in [0.1, 0.15) is 12.5 Å². The first-order valence-electron chi connectivity index (χ1n) is 6.49. The maximum atomic E-state index is 5.27. The quantitative estimate of drug-likeness (QED) is 0.804. The van der Waals surface area contributed by atoms with Crippen LogP contribution in [0.3, 0.4) is 0 Å². The molecule has 3 nitrogen and oxygen atoms in total. The SMILES string of the molecule is COc1ccc(N2C=C3C=CC=CN3[C@H]2C)c(C)c1. The number of allylic oxidation sites excluding steroid dienone is 3. The van der Waals surface area contributed by atoms with Crippen LogP contribution < -0.4 is 9.64 Å². The molecule has 19 heavy (non-hydrogen) atoms. The van der Waals surface area contributed by atoms with Gasteiger partial charge >= 0.3 is 0 Å². The summed E-state index contributed by atoms with van der Waals surface area (Å²) < 4.78 is 5.27. The van der Waals surface area contributed by atoms with Gasteiger partial charge in [-0.3, -0.25) is 0 Å². The average molecular weight is 254 g/mol. The lowest BCUT2D eigenvalue weighted by molar-refractivity contribution is 0.402. The Labute approximate surface area is 114 Å². The minimum Gasteiger partial charge on any atom is -0.497 e. The minimum atomic E-state index is 0.295. The fraction of sp³-hybridized carbons (Fsp3) is 0.250. The maximum Gasteiger partial charge on any atom is 0.119 e.